The summed E-state index contributed by atoms with van der Waals surface area (Å²) in [6.07, 6.45) is 2.22. The molecule has 1 unspecified atom stereocenters. The number of rotatable bonds is 3. The number of nitrogens with one attached hydrogen (secondary N) is 1. The number of phenols is 1. The van der Waals surface area contributed by atoms with Crippen molar-refractivity contribution < 1.29 is 14.7 Å². The Hall–Kier alpha value is -2.47. The number of hydrogen-bond acceptors (Lipinski definition) is 3. The maximum Gasteiger partial charge on any atom is 0.255 e. The number of nitrogens with zero attached hydrogens (tertiary/aromatic N) is 1. The van der Waals surface area contributed by atoms with Crippen molar-refractivity contribution in [3.8, 4) is 5.75 Å². The average molecular weight is 385 g/mol. The van der Waals surface area contributed by atoms with Gasteiger partial charge in [0.2, 0.25) is 5.91 Å². The van der Waals surface area contributed by atoms with Gasteiger partial charge >= 0.3 is 0 Å². The Kier molecular flexibility index (Phi) is 5.46. The summed E-state index contributed by atoms with van der Waals surface area (Å²) < 4.78 is 0. The van der Waals surface area contributed by atoms with Crippen molar-refractivity contribution in [2.75, 3.05) is 6.54 Å². The summed E-state index contributed by atoms with van der Waals surface area (Å²) in [6.45, 7) is 2.38. The number of aromatic hydroxyl groups is 1. The second-order valence-electron chi connectivity index (χ2n) is 7.19. The van der Waals surface area contributed by atoms with Gasteiger partial charge < -0.3 is 15.3 Å². The number of hydrogen-bond donors (Lipinski definition) is 2. The molecule has 0 radical (unpaired) electrons. The highest BCUT2D eigenvalue weighted by molar-refractivity contribution is 7.59. The predicted molar refractivity (Wildman–Crippen MR) is 108 cm³/mol. The summed E-state index contributed by atoms with van der Waals surface area (Å²) in [4.78, 5) is 26.9. The lowest BCUT2D eigenvalue weighted by Crippen LogP contribution is -2.37. The molecule has 0 saturated carbocycles. The Balaban J connectivity index is 0.00000210. The fraction of sp³-hybridized carbons (Fsp3) is 0.333. The van der Waals surface area contributed by atoms with Gasteiger partial charge in [-0.1, -0.05) is 35.9 Å². The van der Waals surface area contributed by atoms with Gasteiger partial charge in [-0.2, -0.15) is 13.5 Å². The SMILES string of the molecule is Cc1ccc(O)c(C(=O)N[C@H]2CC(=O)N(C3CCc4ccccc43)C2)c1.S. The summed E-state index contributed by atoms with van der Waals surface area (Å²) in [5, 5.41) is 12.8. The third-order valence-corrected chi connectivity index (χ3v) is 5.37. The summed E-state index contributed by atoms with van der Waals surface area (Å²) in [6, 6.07) is 13.1. The zero-order valence-electron chi connectivity index (χ0n) is 15.2. The van der Waals surface area contributed by atoms with Gasteiger partial charge in [0.15, 0.2) is 0 Å². The minimum absolute atomic E-state index is 0. The first-order valence-electron chi connectivity index (χ1n) is 9.00. The molecule has 5 nitrogen and oxygen atoms in total. The number of aryl methyl sites for hydroxylation is 2. The molecular formula is C21H24N2O3S. The quantitative estimate of drug-likeness (QED) is 0.855. The number of fused-ring (bicyclic) bond motifs is 1. The molecule has 142 valence electrons. The van der Waals surface area contributed by atoms with Crippen molar-refractivity contribution in [3.05, 3.63) is 64.7 Å². The van der Waals surface area contributed by atoms with Crippen molar-refractivity contribution in [2.24, 2.45) is 0 Å². The first kappa shape index (κ1) is 19.3. The van der Waals surface area contributed by atoms with Crippen LogP contribution in [0.15, 0.2) is 42.5 Å². The molecule has 0 aromatic heterocycles. The Morgan fingerprint density at radius 2 is 2.00 bits per heavy atom. The van der Waals surface area contributed by atoms with Gasteiger partial charge in [0.1, 0.15) is 5.75 Å². The average Bonchev–Trinajstić information content (AvgIpc) is 3.20. The van der Waals surface area contributed by atoms with E-state index in [1.807, 2.05) is 24.0 Å². The van der Waals surface area contributed by atoms with Crippen molar-refractivity contribution in [1.29, 1.82) is 0 Å². The van der Waals surface area contributed by atoms with Crippen LogP contribution in [0.4, 0.5) is 0 Å². The maximum absolute atomic E-state index is 12.5. The van der Waals surface area contributed by atoms with Crippen molar-refractivity contribution in [1.82, 2.24) is 10.2 Å². The number of carbonyl (C=O) groups is 2. The first-order chi connectivity index (χ1) is 12.5. The third-order valence-electron chi connectivity index (χ3n) is 5.37. The van der Waals surface area contributed by atoms with Crippen LogP contribution in [-0.2, 0) is 11.2 Å². The van der Waals surface area contributed by atoms with Crippen molar-refractivity contribution in [3.63, 3.8) is 0 Å². The van der Waals surface area contributed by atoms with Crippen LogP contribution in [0.5, 0.6) is 5.75 Å². The molecule has 1 saturated heterocycles. The van der Waals surface area contributed by atoms with E-state index in [-0.39, 0.29) is 48.7 Å². The largest absolute Gasteiger partial charge is 0.507 e. The van der Waals surface area contributed by atoms with E-state index >= 15 is 0 Å². The summed E-state index contributed by atoms with van der Waals surface area (Å²) in [5.74, 6) is -0.304. The van der Waals surface area contributed by atoms with Gasteiger partial charge in [-0.25, -0.2) is 0 Å². The molecule has 4 rings (SSSR count). The van der Waals surface area contributed by atoms with E-state index in [1.165, 1.54) is 17.2 Å². The highest BCUT2D eigenvalue weighted by atomic mass is 32.1. The summed E-state index contributed by atoms with van der Waals surface area (Å²) >= 11 is 0. The van der Waals surface area contributed by atoms with Gasteiger partial charge in [-0.3, -0.25) is 9.59 Å². The van der Waals surface area contributed by atoms with Crippen LogP contribution in [0.25, 0.3) is 0 Å². The zero-order valence-corrected chi connectivity index (χ0v) is 16.2. The molecule has 27 heavy (non-hydrogen) atoms. The van der Waals surface area contributed by atoms with Gasteiger partial charge in [-0.15, -0.1) is 0 Å². The second-order valence-corrected chi connectivity index (χ2v) is 7.19. The topological polar surface area (TPSA) is 69.6 Å². The highest BCUT2D eigenvalue weighted by Gasteiger charge is 2.38. The monoisotopic (exact) mass is 384 g/mol. The lowest BCUT2D eigenvalue weighted by Gasteiger charge is -2.25. The molecule has 1 fully saturated rings. The van der Waals surface area contributed by atoms with Gasteiger partial charge in [0.25, 0.3) is 5.91 Å². The molecular weight excluding hydrogens is 360 g/mol. The standard InChI is InChI=1S/C21H22N2O3.H2S/c1-13-6-9-19(24)17(10-13)21(26)22-15-11-20(25)23(12-15)18-8-7-14-4-2-3-5-16(14)18;/h2-6,9-10,15,18,24H,7-8,11-12H2,1H3,(H,22,26);1H2/t15-,18?;/m0./s1. The van der Waals surface area contributed by atoms with Gasteiger partial charge in [-0.05, 0) is 43.0 Å². The smallest absolute Gasteiger partial charge is 0.255 e. The molecule has 2 aliphatic rings. The molecule has 2 atom stereocenters. The molecule has 0 bridgehead atoms. The molecule has 2 N–H and O–H groups in total. The van der Waals surface area contributed by atoms with E-state index in [2.05, 4.69) is 17.4 Å². The fourth-order valence-corrected chi connectivity index (χ4v) is 4.08. The summed E-state index contributed by atoms with van der Waals surface area (Å²) in [5.41, 5.74) is 3.69. The van der Waals surface area contributed by atoms with Crippen LogP contribution < -0.4 is 5.32 Å². The fourth-order valence-electron chi connectivity index (χ4n) is 4.08. The molecule has 2 aromatic carbocycles. The minimum Gasteiger partial charge on any atom is -0.507 e. The van der Waals surface area contributed by atoms with Gasteiger partial charge in [0, 0.05) is 13.0 Å². The van der Waals surface area contributed by atoms with Crippen LogP contribution in [0.1, 0.15) is 45.9 Å². The normalized spacial score (nSPS) is 20.9. The number of carbonyl (C=O) groups excluding carboxylic acids is 2. The van der Waals surface area contributed by atoms with E-state index in [1.54, 1.807) is 12.1 Å². The van der Waals surface area contributed by atoms with Crippen molar-refractivity contribution >= 4 is 25.3 Å². The molecule has 1 aliphatic heterocycles. The Bertz CT molecular complexity index is 883. The lowest BCUT2D eigenvalue weighted by molar-refractivity contribution is -0.129. The number of benzene rings is 2. The van der Waals surface area contributed by atoms with E-state index in [9.17, 15) is 14.7 Å². The molecule has 1 heterocycles. The van der Waals surface area contributed by atoms with Crippen LogP contribution in [0, 0.1) is 6.92 Å². The van der Waals surface area contributed by atoms with Crippen LogP contribution in [0.2, 0.25) is 0 Å². The van der Waals surface area contributed by atoms with E-state index in [0.29, 0.717) is 13.0 Å². The summed E-state index contributed by atoms with van der Waals surface area (Å²) in [7, 11) is 0. The zero-order chi connectivity index (χ0) is 18.3. The second kappa shape index (κ2) is 7.64. The number of likely N-dealkylation sites (tertiary alicyclic amines) is 1. The van der Waals surface area contributed by atoms with Gasteiger partial charge in [0.05, 0.1) is 17.6 Å². The minimum atomic E-state index is -0.335. The molecule has 2 amide bonds. The first-order valence-corrected chi connectivity index (χ1v) is 9.00. The molecule has 6 heteroatoms. The highest BCUT2D eigenvalue weighted by Crippen LogP contribution is 2.37. The van der Waals surface area contributed by atoms with E-state index in [4.69, 9.17) is 0 Å². The van der Waals surface area contributed by atoms with Crippen LogP contribution in [0.3, 0.4) is 0 Å². The van der Waals surface area contributed by atoms with E-state index < -0.39 is 0 Å². The lowest BCUT2D eigenvalue weighted by atomic mass is 10.1. The Morgan fingerprint density at radius 3 is 2.81 bits per heavy atom. The Labute approximate surface area is 165 Å². The Morgan fingerprint density at radius 1 is 1.22 bits per heavy atom. The molecule has 0 spiro atoms. The number of phenolic OH excluding ortho intramolecular Hbond substituents is 1. The maximum atomic E-state index is 12.5. The van der Waals surface area contributed by atoms with E-state index in [0.717, 1.165) is 18.4 Å². The predicted octanol–water partition coefficient (Wildman–Crippen LogP) is 2.83. The third kappa shape index (κ3) is 3.67. The molecule has 1 aliphatic carbocycles. The molecule has 2 aromatic rings. The number of amides is 2. The van der Waals surface area contributed by atoms with Crippen LogP contribution in [-0.4, -0.2) is 34.4 Å². The van der Waals surface area contributed by atoms with Crippen LogP contribution >= 0.6 is 13.5 Å². The van der Waals surface area contributed by atoms with Crippen molar-refractivity contribution in [2.45, 2.75) is 38.3 Å².